The van der Waals surface area contributed by atoms with Crippen LogP contribution in [0.25, 0.3) is 0 Å². The summed E-state index contributed by atoms with van der Waals surface area (Å²) >= 11 is 0. The van der Waals surface area contributed by atoms with E-state index in [0.29, 0.717) is 23.6 Å². The number of aromatic nitrogens is 3. The molecule has 0 aliphatic carbocycles. The van der Waals surface area contributed by atoms with Crippen LogP contribution in [0.1, 0.15) is 49.9 Å². The van der Waals surface area contributed by atoms with E-state index in [1.165, 1.54) is 0 Å². The molecule has 4 rings (SSSR count). The molecule has 0 saturated heterocycles. The van der Waals surface area contributed by atoms with Gasteiger partial charge in [0.15, 0.2) is 5.69 Å². The molecule has 0 atom stereocenters. The quantitative estimate of drug-likeness (QED) is 0.419. The molecule has 0 bridgehead atoms. The van der Waals surface area contributed by atoms with E-state index >= 15 is 0 Å². The van der Waals surface area contributed by atoms with E-state index in [4.69, 9.17) is 9.26 Å². The summed E-state index contributed by atoms with van der Waals surface area (Å²) in [5, 5.41) is 11.4. The van der Waals surface area contributed by atoms with Crippen molar-refractivity contribution >= 4 is 11.6 Å². The molecule has 2 aromatic heterocycles. The molecule has 0 saturated carbocycles. The molecule has 0 aliphatic rings. The first-order valence-corrected chi connectivity index (χ1v) is 10.9. The standard InChI is InChI=1S/C26H28N4O3/c1-16-8-6-11-24(19(16)4)32-15-23-20(5)33-29-25(23)26(31)27-22-10-7-9-21(13-22)14-30-18(3)12-17(2)28-30/h6-13H,14-15H2,1-5H3,(H,27,31). The minimum Gasteiger partial charge on any atom is -0.488 e. The van der Waals surface area contributed by atoms with Crippen LogP contribution in [0.5, 0.6) is 5.75 Å². The fraction of sp³-hybridized carbons (Fsp3) is 0.269. The lowest BCUT2D eigenvalue weighted by atomic mass is 10.1. The van der Waals surface area contributed by atoms with Gasteiger partial charge in [-0.15, -0.1) is 0 Å². The third-order valence-electron chi connectivity index (χ3n) is 5.75. The van der Waals surface area contributed by atoms with E-state index in [1.807, 2.05) is 80.9 Å². The monoisotopic (exact) mass is 444 g/mol. The van der Waals surface area contributed by atoms with Crippen molar-refractivity contribution in [2.75, 3.05) is 5.32 Å². The lowest BCUT2D eigenvalue weighted by Crippen LogP contribution is -2.16. The number of rotatable bonds is 7. The van der Waals surface area contributed by atoms with Gasteiger partial charge in [0.2, 0.25) is 0 Å². The van der Waals surface area contributed by atoms with Gasteiger partial charge in [-0.1, -0.05) is 29.4 Å². The maximum Gasteiger partial charge on any atom is 0.278 e. The summed E-state index contributed by atoms with van der Waals surface area (Å²) in [6, 6.07) is 15.7. The Labute approximate surface area is 193 Å². The predicted molar refractivity (Wildman–Crippen MR) is 127 cm³/mol. The summed E-state index contributed by atoms with van der Waals surface area (Å²) in [4.78, 5) is 13.0. The third-order valence-corrected chi connectivity index (χ3v) is 5.75. The first-order chi connectivity index (χ1) is 15.8. The number of nitrogens with one attached hydrogen (secondary N) is 1. The predicted octanol–water partition coefficient (Wildman–Crippen LogP) is 5.29. The van der Waals surface area contributed by atoms with Crippen molar-refractivity contribution in [2.24, 2.45) is 0 Å². The molecule has 4 aromatic rings. The average molecular weight is 445 g/mol. The van der Waals surface area contributed by atoms with Gasteiger partial charge in [0.1, 0.15) is 18.1 Å². The van der Waals surface area contributed by atoms with E-state index in [0.717, 1.165) is 33.8 Å². The van der Waals surface area contributed by atoms with Gasteiger partial charge in [-0.3, -0.25) is 9.48 Å². The van der Waals surface area contributed by atoms with Gasteiger partial charge < -0.3 is 14.6 Å². The van der Waals surface area contributed by atoms with Crippen molar-refractivity contribution in [2.45, 2.75) is 47.8 Å². The van der Waals surface area contributed by atoms with E-state index in [-0.39, 0.29) is 18.2 Å². The highest BCUT2D eigenvalue weighted by Gasteiger charge is 2.21. The van der Waals surface area contributed by atoms with Crippen molar-refractivity contribution in [3.63, 3.8) is 0 Å². The van der Waals surface area contributed by atoms with Gasteiger partial charge in [0, 0.05) is 11.4 Å². The van der Waals surface area contributed by atoms with Crippen molar-refractivity contribution < 1.29 is 14.1 Å². The van der Waals surface area contributed by atoms with Crippen LogP contribution in [-0.2, 0) is 13.2 Å². The maximum atomic E-state index is 13.0. The minimum absolute atomic E-state index is 0.195. The number of anilines is 1. The summed E-state index contributed by atoms with van der Waals surface area (Å²) in [5.41, 5.74) is 6.86. The average Bonchev–Trinajstić information content (AvgIpc) is 3.30. The third kappa shape index (κ3) is 4.98. The van der Waals surface area contributed by atoms with E-state index < -0.39 is 0 Å². The number of hydrogen-bond acceptors (Lipinski definition) is 5. The zero-order valence-electron chi connectivity index (χ0n) is 19.6. The summed E-state index contributed by atoms with van der Waals surface area (Å²) in [6.07, 6.45) is 0. The summed E-state index contributed by atoms with van der Waals surface area (Å²) in [6.45, 7) is 10.6. The first-order valence-electron chi connectivity index (χ1n) is 10.9. The van der Waals surface area contributed by atoms with Crippen LogP contribution in [-0.4, -0.2) is 20.8 Å². The van der Waals surface area contributed by atoms with E-state index in [9.17, 15) is 4.79 Å². The normalized spacial score (nSPS) is 10.9. The number of ether oxygens (including phenoxy) is 1. The molecule has 0 spiro atoms. The topological polar surface area (TPSA) is 82.2 Å². The maximum absolute atomic E-state index is 13.0. The number of carbonyl (C=O) groups is 1. The van der Waals surface area contributed by atoms with Crippen molar-refractivity contribution in [1.82, 2.24) is 14.9 Å². The Hall–Kier alpha value is -3.87. The van der Waals surface area contributed by atoms with Crippen LogP contribution >= 0.6 is 0 Å². The largest absolute Gasteiger partial charge is 0.488 e. The molecule has 0 aliphatic heterocycles. The molecule has 1 N–H and O–H groups in total. The number of nitrogens with zero attached hydrogens (tertiary/aromatic N) is 3. The molecule has 170 valence electrons. The van der Waals surface area contributed by atoms with Crippen molar-refractivity contribution in [3.05, 3.63) is 93.6 Å². The molecule has 2 aromatic carbocycles. The fourth-order valence-corrected chi connectivity index (χ4v) is 3.72. The van der Waals surface area contributed by atoms with Crippen molar-refractivity contribution in [3.8, 4) is 5.75 Å². The second-order valence-corrected chi connectivity index (χ2v) is 8.29. The second-order valence-electron chi connectivity index (χ2n) is 8.29. The summed E-state index contributed by atoms with van der Waals surface area (Å²) in [7, 11) is 0. The minimum atomic E-state index is -0.338. The molecular formula is C26H28N4O3. The molecule has 2 heterocycles. The van der Waals surface area contributed by atoms with Crippen LogP contribution in [0, 0.1) is 34.6 Å². The highest BCUT2D eigenvalue weighted by atomic mass is 16.5. The molecular weight excluding hydrogens is 416 g/mol. The second kappa shape index (κ2) is 9.32. The summed E-state index contributed by atoms with van der Waals surface area (Å²) in [5.74, 6) is 0.997. The highest BCUT2D eigenvalue weighted by molar-refractivity contribution is 6.03. The smallest absolute Gasteiger partial charge is 0.278 e. The number of benzene rings is 2. The van der Waals surface area contributed by atoms with Gasteiger partial charge in [-0.05, 0) is 75.6 Å². The molecule has 0 unspecified atom stereocenters. The van der Waals surface area contributed by atoms with E-state index in [2.05, 4.69) is 15.6 Å². The molecule has 0 radical (unpaired) electrons. The van der Waals surface area contributed by atoms with Crippen LogP contribution in [0.3, 0.4) is 0 Å². The Kier molecular flexibility index (Phi) is 6.31. The molecule has 7 heteroatoms. The lowest BCUT2D eigenvalue weighted by molar-refractivity contribution is 0.101. The van der Waals surface area contributed by atoms with Gasteiger partial charge in [-0.2, -0.15) is 5.10 Å². The summed E-state index contributed by atoms with van der Waals surface area (Å²) < 4.78 is 13.2. The van der Waals surface area contributed by atoms with Gasteiger partial charge >= 0.3 is 0 Å². The van der Waals surface area contributed by atoms with E-state index in [1.54, 1.807) is 6.92 Å². The molecule has 7 nitrogen and oxygen atoms in total. The van der Waals surface area contributed by atoms with Crippen LogP contribution < -0.4 is 10.1 Å². The number of carbonyl (C=O) groups excluding carboxylic acids is 1. The number of aryl methyl sites for hydroxylation is 4. The Morgan fingerprint density at radius 1 is 1.06 bits per heavy atom. The zero-order valence-corrected chi connectivity index (χ0v) is 19.6. The van der Waals surface area contributed by atoms with Gasteiger partial charge in [-0.25, -0.2) is 0 Å². The molecule has 33 heavy (non-hydrogen) atoms. The highest BCUT2D eigenvalue weighted by Crippen LogP contribution is 2.24. The molecule has 1 amide bonds. The van der Waals surface area contributed by atoms with Gasteiger partial charge in [0.05, 0.1) is 17.8 Å². The van der Waals surface area contributed by atoms with Gasteiger partial charge in [0.25, 0.3) is 5.91 Å². The molecule has 0 fully saturated rings. The van der Waals surface area contributed by atoms with Crippen LogP contribution in [0.4, 0.5) is 5.69 Å². The first kappa shape index (κ1) is 22.3. The van der Waals surface area contributed by atoms with Crippen molar-refractivity contribution in [1.29, 1.82) is 0 Å². The van der Waals surface area contributed by atoms with Crippen LogP contribution in [0.2, 0.25) is 0 Å². The number of amides is 1. The Morgan fingerprint density at radius 2 is 1.85 bits per heavy atom. The zero-order chi connectivity index (χ0) is 23.5. The van der Waals surface area contributed by atoms with Crippen LogP contribution in [0.15, 0.2) is 53.1 Å². The Morgan fingerprint density at radius 3 is 2.61 bits per heavy atom. The fourth-order valence-electron chi connectivity index (χ4n) is 3.72. The SMILES string of the molecule is Cc1cc(C)n(Cc2cccc(NC(=O)c3noc(C)c3COc3cccc(C)c3C)c2)n1. The Balaban J connectivity index is 1.48. The lowest BCUT2D eigenvalue weighted by Gasteiger charge is -2.11. The number of hydrogen-bond donors (Lipinski definition) is 1. The Bertz CT molecular complexity index is 1300.